The number of benzene rings is 1. The molecule has 6 rings (SSSR count). The van der Waals surface area contributed by atoms with Gasteiger partial charge in [-0.1, -0.05) is 31.6 Å². The summed E-state index contributed by atoms with van der Waals surface area (Å²) >= 11 is 0. The normalized spacial score (nSPS) is 29.8. The van der Waals surface area contributed by atoms with Crippen molar-refractivity contribution in [3.05, 3.63) is 69.2 Å². The largest absolute Gasteiger partial charge is 0.511 e. The number of piperidine rings is 1. The Kier molecular flexibility index (Phi) is 6.70. The first-order chi connectivity index (χ1) is 19.6. The Balaban J connectivity index is 1.52. The Hall–Kier alpha value is -3.69. The SMILES string of the molecule is CCC1C(O)=C(C(N)=O)C(=O)[C@@]2(O)C(O)=C3C(=O)c4c(O)c(CN5CCCCC5)cc(C5=CCC=C5)c4C[C@H]3C[C@@H]12. The predicted octanol–water partition coefficient (Wildman–Crippen LogP) is 3.55. The number of hydrogen-bond donors (Lipinski definition) is 5. The van der Waals surface area contributed by atoms with E-state index in [9.17, 15) is 34.8 Å². The number of allylic oxidation sites excluding steroid dienone is 6. The summed E-state index contributed by atoms with van der Waals surface area (Å²) in [6.07, 6.45) is 10.9. The van der Waals surface area contributed by atoms with E-state index in [1.807, 2.05) is 18.2 Å². The summed E-state index contributed by atoms with van der Waals surface area (Å²) < 4.78 is 0. The van der Waals surface area contributed by atoms with Crippen molar-refractivity contribution in [2.75, 3.05) is 13.1 Å². The van der Waals surface area contributed by atoms with Gasteiger partial charge in [-0.05, 0) is 80.3 Å². The molecule has 0 bridgehead atoms. The molecule has 1 aromatic rings. The van der Waals surface area contributed by atoms with E-state index in [0.717, 1.165) is 49.9 Å². The van der Waals surface area contributed by atoms with Crippen molar-refractivity contribution in [3.8, 4) is 5.75 Å². The van der Waals surface area contributed by atoms with Gasteiger partial charge in [-0.3, -0.25) is 19.3 Å². The smallest absolute Gasteiger partial charge is 0.255 e. The average Bonchev–Trinajstić information content (AvgIpc) is 3.48. The fourth-order valence-electron chi connectivity index (χ4n) is 7.78. The summed E-state index contributed by atoms with van der Waals surface area (Å²) in [5, 5.41) is 45.7. The maximum atomic E-state index is 14.2. The van der Waals surface area contributed by atoms with Gasteiger partial charge in [0.1, 0.15) is 22.8 Å². The number of phenols is 1. The van der Waals surface area contributed by atoms with Gasteiger partial charge >= 0.3 is 0 Å². The number of aromatic hydroxyl groups is 1. The molecule has 9 nitrogen and oxygen atoms in total. The highest BCUT2D eigenvalue weighted by Crippen LogP contribution is 2.54. The molecule has 6 N–H and O–H groups in total. The van der Waals surface area contributed by atoms with Gasteiger partial charge in [0.15, 0.2) is 11.4 Å². The third-order valence-electron chi connectivity index (χ3n) is 9.79. The number of rotatable bonds is 5. The fourth-order valence-corrected chi connectivity index (χ4v) is 7.78. The number of fused-ring (bicyclic) bond motifs is 3. The first kappa shape index (κ1) is 27.5. The Morgan fingerprint density at radius 2 is 1.88 bits per heavy atom. The van der Waals surface area contributed by atoms with E-state index in [0.29, 0.717) is 24.1 Å². The zero-order valence-electron chi connectivity index (χ0n) is 23.2. The molecular weight excluding hydrogens is 524 g/mol. The zero-order valence-corrected chi connectivity index (χ0v) is 23.2. The molecule has 1 fully saturated rings. The number of primary amides is 1. The standard InChI is InChI=1S/C32H36N2O7/c1-2-19-22-14-17-12-21-20(16-8-4-5-9-16)13-18(15-34-10-6-3-7-11-34)26(35)24(21)28(37)23(17)29(38)32(22,41)30(39)25(27(19)36)31(33)40/h4,8-9,13,17,19,22,35-36,38,41H,2-3,5-7,10-12,14-15H2,1H3,(H2,33,40)/t17-,19?,22-,32-/m0/s1. The second-order valence-corrected chi connectivity index (χ2v) is 12.0. The minimum absolute atomic E-state index is 0.0828. The van der Waals surface area contributed by atoms with E-state index >= 15 is 0 Å². The van der Waals surface area contributed by atoms with Crippen molar-refractivity contribution in [2.24, 2.45) is 23.5 Å². The predicted molar refractivity (Wildman–Crippen MR) is 151 cm³/mol. The summed E-state index contributed by atoms with van der Waals surface area (Å²) in [4.78, 5) is 42.1. The monoisotopic (exact) mass is 560 g/mol. The third-order valence-corrected chi connectivity index (χ3v) is 9.79. The topological polar surface area (TPSA) is 161 Å². The first-order valence-electron chi connectivity index (χ1n) is 14.5. The van der Waals surface area contributed by atoms with Gasteiger partial charge in [-0.2, -0.15) is 0 Å². The molecule has 9 heteroatoms. The van der Waals surface area contributed by atoms with Gasteiger partial charge in [0, 0.05) is 29.5 Å². The van der Waals surface area contributed by atoms with Crippen molar-refractivity contribution >= 4 is 23.0 Å². The summed E-state index contributed by atoms with van der Waals surface area (Å²) in [7, 11) is 0. The number of phenolic OH excluding ortho intramolecular Hbond substituents is 1. The highest BCUT2D eigenvalue weighted by molar-refractivity contribution is 6.24. The van der Waals surface area contributed by atoms with Crippen molar-refractivity contribution < 1.29 is 34.8 Å². The van der Waals surface area contributed by atoms with Crippen LogP contribution in [-0.2, 0) is 22.6 Å². The molecule has 1 heterocycles. The maximum Gasteiger partial charge on any atom is 0.255 e. The molecular formula is C32H36N2O7. The number of hydrogen-bond acceptors (Lipinski definition) is 8. The number of Topliss-reactive ketones (excluding diaryl/α,β-unsaturated/α-hetero) is 2. The van der Waals surface area contributed by atoms with Crippen LogP contribution in [0, 0.1) is 17.8 Å². The van der Waals surface area contributed by atoms with E-state index in [4.69, 9.17) is 5.73 Å². The number of aliphatic hydroxyl groups excluding tert-OH is 2. The molecule has 1 aromatic carbocycles. The van der Waals surface area contributed by atoms with Crippen LogP contribution < -0.4 is 5.73 Å². The molecule has 41 heavy (non-hydrogen) atoms. The van der Waals surface area contributed by atoms with Crippen LogP contribution in [0.1, 0.15) is 72.5 Å². The van der Waals surface area contributed by atoms with E-state index in [2.05, 4.69) is 11.0 Å². The Morgan fingerprint density at radius 3 is 2.51 bits per heavy atom. The van der Waals surface area contributed by atoms with Crippen molar-refractivity contribution in [1.82, 2.24) is 4.90 Å². The van der Waals surface area contributed by atoms with Crippen LogP contribution in [-0.4, -0.2) is 61.5 Å². The molecule has 216 valence electrons. The lowest BCUT2D eigenvalue weighted by Crippen LogP contribution is -2.59. The van der Waals surface area contributed by atoms with Crippen LogP contribution in [0.4, 0.5) is 0 Å². The molecule has 1 aliphatic heterocycles. The Bertz CT molecular complexity index is 1490. The molecule has 4 atom stereocenters. The number of carbonyl (C=O) groups is 3. The van der Waals surface area contributed by atoms with Gasteiger partial charge < -0.3 is 26.2 Å². The average molecular weight is 561 g/mol. The molecule has 0 radical (unpaired) electrons. The van der Waals surface area contributed by atoms with Gasteiger partial charge in [0.25, 0.3) is 5.91 Å². The molecule has 0 aromatic heterocycles. The number of likely N-dealkylation sites (tertiary alicyclic amines) is 1. The van der Waals surface area contributed by atoms with Crippen molar-refractivity contribution in [3.63, 3.8) is 0 Å². The first-order valence-corrected chi connectivity index (χ1v) is 14.5. The van der Waals surface area contributed by atoms with E-state index in [-0.39, 0.29) is 29.7 Å². The molecule has 1 saturated heterocycles. The van der Waals surface area contributed by atoms with Crippen LogP contribution in [0.5, 0.6) is 5.75 Å². The van der Waals surface area contributed by atoms with Gasteiger partial charge in [-0.15, -0.1) is 0 Å². The fraction of sp³-hybridized carbons (Fsp3) is 0.469. The minimum atomic E-state index is -2.59. The number of aliphatic hydroxyl groups is 3. The number of ketones is 2. The molecule has 4 aliphatic carbocycles. The summed E-state index contributed by atoms with van der Waals surface area (Å²) in [6.45, 7) is 4.01. The van der Waals surface area contributed by atoms with Crippen LogP contribution in [0.3, 0.4) is 0 Å². The van der Waals surface area contributed by atoms with E-state index < -0.39 is 57.9 Å². The third kappa shape index (κ3) is 4.00. The minimum Gasteiger partial charge on any atom is -0.511 e. The molecule has 1 amide bonds. The molecule has 0 spiro atoms. The van der Waals surface area contributed by atoms with Crippen LogP contribution in [0.2, 0.25) is 0 Å². The maximum absolute atomic E-state index is 14.2. The van der Waals surface area contributed by atoms with Gasteiger partial charge in [0.2, 0.25) is 5.78 Å². The second kappa shape index (κ2) is 9.99. The molecule has 1 unspecified atom stereocenters. The highest BCUT2D eigenvalue weighted by atomic mass is 16.3. The summed E-state index contributed by atoms with van der Waals surface area (Å²) in [5.74, 6) is -6.85. The van der Waals surface area contributed by atoms with Crippen molar-refractivity contribution in [1.29, 1.82) is 0 Å². The van der Waals surface area contributed by atoms with Crippen LogP contribution >= 0.6 is 0 Å². The highest BCUT2D eigenvalue weighted by Gasteiger charge is 2.62. The van der Waals surface area contributed by atoms with Gasteiger partial charge in [-0.25, -0.2) is 0 Å². The summed E-state index contributed by atoms with van der Waals surface area (Å²) in [5.41, 5.74) is 5.13. The lowest BCUT2D eigenvalue weighted by Gasteiger charge is -2.48. The number of amides is 1. The molecule has 0 saturated carbocycles. The quantitative estimate of drug-likeness (QED) is 0.342. The lowest BCUT2D eigenvalue weighted by molar-refractivity contribution is -0.148. The van der Waals surface area contributed by atoms with Crippen LogP contribution in [0.25, 0.3) is 5.57 Å². The van der Waals surface area contributed by atoms with Crippen molar-refractivity contribution in [2.45, 2.75) is 64.0 Å². The zero-order chi connectivity index (χ0) is 29.2. The Labute approximate surface area is 238 Å². The number of carbonyl (C=O) groups excluding carboxylic acids is 3. The molecule has 5 aliphatic rings. The second-order valence-electron chi connectivity index (χ2n) is 12.0. The van der Waals surface area contributed by atoms with Gasteiger partial charge in [0.05, 0.1) is 5.56 Å². The number of nitrogens with two attached hydrogens (primary N) is 1. The lowest BCUT2D eigenvalue weighted by atomic mass is 9.56. The summed E-state index contributed by atoms with van der Waals surface area (Å²) in [6, 6.07) is 1.97. The van der Waals surface area contributed by atoms with E-state index in [1.165, 1.54) is 0 Å². The number of nitrogens with zero attached hydrogens (tertiary/aromatic N) is 1. The van der Waals surface area contributed by atoms with E-state index in [1.54, 1.807) is 6.92 Å². The van der Waals surface area contributed by atoms with Crippen LogP contribution in [0.15, 0.2) is 47.0 Å². The Morgan fingerprint density at radius 1 is 1.15 bits per heavy atom.